The number of carbonyl (C=O) groups is 2. The maximum absolute atomic E-state index is 12.3. The summed E-state index contributed by atoms with van der Waals surface area (Å²) in [5.74, 6) is 0.0147. The Kier molecular flexibility index (Phi) is 6.82. The zero-order valence-electron chi connectivity index (χ0n) is 15.4. The van der Waals surface area contributed by atoms with Gasteiger partial charge in [0, 0.05) is 39.3 Å². The first-order valence-electron chi connectivity index (χ1n) is 9.30. The Morgan fingerprint density at radius 1 is 0.741 bits per heavy atom. The van der Waals surface area contributed by atoms with Crippen LogP contribution in [0.25, 0.3) is 0 Å². The van der Waals surface area contributed by atoms with Crippen molar-refractivity contribution in [1.29, 1.82) is 0 Å². The molecule has 27 heavy (non-hydrogen) atoms. The van der Waals surface area contributed by atoms with E-state index in [1.54, 1.807) is 4.90 Å². The fraction of sp³-hybridized carbons (Fsp3) is 0.333. The summed E-state index contributed by atoms with van der Waals surface area (Å²) < 4.78 is 0. The van der Waals surface area contributed by atoms with Crippen LogP contribution in [-0.4, -0.2) is 54.5 Å². The zero-order chi connectivity index (χ0) is 18.9. The lowest BCUT2D eigenvalue weighted by atomic mass is 10.2. The first kappa shape index (κ1) is 18.9. The minimum Gasteiger partial charge on any atom is -0.351 e. The molecule has 0 atom stereocenters. The largest absolute Gasteiger partial charge is 0.351 e. The molecule has 1 aliphatic heterocycles. The van der Waals surface area contributed by atoms with Crippen molar-refractivity contribution < 1.29 is 9.59 Å². The predicted molar refractivity (Wildman–Crippen MR) is 105 cm³/mol. The summed E-state index contributed by atoms with van der Waals surface area (Å²) in [5, 5.41) is 5.90. The summed E-state index contributed by atoms with van der Waals surface area (Å²) in [6.45, 7) is 4.11. The van der Waals surface area contributed by atoms with Crippen molar-refractivity contribution in [1.82, 2.24) is 20.4 Å². The Morgan fingerprint density at radius 3 is 1.81 bits per heavy atom. The van der Waals surface area contributed by atoms with E-state index in [1.165, 1.54) is 0 Å². The monoisotopic (exact) mass is 366 g/mol. The molecule has 1 saturated heterocycles. The molecule has 0 saturated carbocycles. The highest BCUT2D eigenvalue weighted by Crippen LogP contribution is 2.04. The zero-order valence-corrected chi connectivity index (χ0v) is 15.4. The van der Waals surface area contributed by atoms with Gasteiger partial charge in [0.25, 0.3) is 0 Å². The first-order valence-corrected chi connectivity index (χ1v) is 9.30. The summed E-state index contributed by atoms with van der Waals surface area (Å²) in [4.78, 5) is 28.3. The SMILES string of the molecule is O=C(CN1CCN(C(=O)NCc2ccccc2)CC1)NCc1ccccc1. The van der Waals surface area contributed by atoms with E-state index < -0.39 is 0 Å². The van der Waals surface area contributed by atoms with Gasteiger partial charge in [0.1, 0.15) is 0 Å². The van der Waals surface area contributed by atoms with Gasteiger partial charge in [0.15, 0.2) is 0 Å². The van der Waals surface area contributed by atoms with Gasteiger partial charge in [-0.3, -0.25) is 9.69 Å². The molecular formula is C21H26N4O2. The molecule has 2 aromatic rings. The van der Waals surface area contributed by atoms with Gasteiger partial charge in [-0.15, -0.1) is 0 Å². The molecule has 2 N–H and O–H groups in total. The fourth-order valence-corrected chi connectivity index (χ4v) is 3.05. The number of benzene rings is 2. The Hall–Kier alpha value is -2.86. The average Bonchev–Trinajstić information content (AvgIpc) is 2.72. The van der Waals surface area contributed by atoms with Crippen molar-refractivity contribution in [3.05, 3.63) is 71.8 Å². The predicted octanol–water partition coefficient (Wildman–Crippen LogP) is 1.83. The smallest absolute Gasteiger partial charge is 0.317 e. The summed E-state index contributed by atoms with van der Waals surface area (Å²) in [6.07, 6.45) is 0. The average molecular weight is 366 g/mol. The minimum atomic E-state index is -0.0490. The van der Waals surface area contributed by atoms with Gasteiger partial charge in [0.2, 0.25) is 5.91 Å². The van der Waals surface area contributed by atoms with Crippen LogP contribution in [0.5, 0.6) is 0 Å². The molecule has 2 aromatic carbocycles. The number of amides is 3. The van der Waals surface area contributed by atoms with Gasteiger partial charge in [-0.05, 0) is 11.1 Å². The first-order chi connectivity index (χ1) is 13.2. The molecule has 0 bridgehead atoms. The van der Waals surface area contributed by atoms with E-state index in [0.717, 1.165) is 11.1 Å². The third-order valence-electron chi connectivity index (χ3n) is 4.65. The third-order valence-corrected chi connectivity index (χ3v) is 4.65. The number of urea groups is 1. The Bertz CT molecular complexity index is 728. The fourth-order valence-electron chi connectivity index (χ4n) is 3.05. The normalized spacial score (nSPS) is 14.6. The molecule has 6 nitrogen and oxygen atoms in total. The van der Waals surface area contributed by atoms with Crippen LogP contribution in [0.15, 0.2) is 60.7 Å². The molecule has 0 unspecified atom stereocenters. The second-order valence-electron chi connectivity index (χ2n) is 6.67. The number of carbonyl (C=O) groups excluding carboxylic acids is 2. The van der Waals surface area contributed by atoms with Crippen molar-refractivity contribution >= 4 is 11.9 Å². The van der Waals surface area contributed by atoms with E-state index >= 15 is 0 Å². The van der Waals surface area contributed by atoms with Crippen LogP contribution >= 0.6 is 0 Å². The quantitative estimate of drug-likeness (QED) is 0.820. The van der Waals surface area contributed by atoms with Crippen LogP contribution in [0.2, 0.25) is 0 Å². The molecule has 1 fully saturated rings. The summed E-state index contributed by atoms with van der Waals surface area (Å²) in [6, 6.07) is 19.7. The molecule has 0 spiro atoms. The number of hydrogen-bond donors (Lipinski definition) is 2. The van der Waals surface area contributed by atoms with Crippen molar-refractivity contribution in [3.8, 4) is 0 Å². The summed E-state index contributed by atoms with van der Waals surface area (Å²) in [5.41, 5.74) is 2.17. The van der Waals surface area contributed by atoms with E-state index in [-0.39, 0.29) is 11.9 Å². The van der Waals surface area contributed by atoms with Crippen molar-refractivity contribution in [2.75, 3.05) is 32.7 Å². The van der Waals surface area contributed by atoms with Crippen LogP contribution < -0.4 is 10.6 Å². The van der Waals surface area contributed by atoms with Gasteiger partial charge in [-0.1, -0.05) is 60.7 Å². The lowest BCUT2D eigenvalue weighted by Gasteiger charge is -2.34. The van der Waals surface area contributed by atoms with Gasteiger partial charge in [-0.2, -0.15) is 0 Å². The Balaban J connectivity index is 1.34. The lowest BCUT2D eigenvalue weighted by Crippen LogP contribution is -2.53. The molecule has 0 aromatic heterocycles. The van der Waals surface area contributed by atoms with E-state index in [0.29, 0.717) is 45.8 Å². The Labute approximate surface area is 160 Å². The Morgan fingerprint density at radius 2 is 1.26 bits per heavy atom. The lowest BCUT2D eigenvalue weighted by molar-refractivity contribution is -0.122. The van der Waals surface area contributed by atoms with Gasteiger partial charge in [0.05, 0.1) is 6.54 Å². The maximum atomic E-state index is 12.3. The molecule has 1 heterocycles. The van der Waals surface area contributed by atoms with Crippen LogP contribution in [0.1, 0.15) is 11.1 Å². The molecule has 142 valence electrons. The number of rotatable bonds is 6. The molecule has 3 rings (SSSR count). The standard InChI is InChI=1S/C21H26N4O2/c26-20(22-15-18-7-3-1-4-8-18)17-24-11-13-25(14-12-24)21(27)23-16-19-9-5-2-6-10-19/h1-10H,11-17H2,(H,22,26)(H,23,27). The number of nitrogens with one attached hydrogen (secondary N) is 2. The van der Waals surface area contributed by atoms with Crippen molar-refractivity contribution in [2.24, 2.45) is 0 Å². The van der Waals surface area contributed by atoms with Crippen LogP contribution in [0.3, 0.4) is 0 Å². The van der Waals surface area contributed by atoms with E-state index in [1.807, 2.05) is 60.7 Å². The maximum Gasteiger partial charge on any atom is 0.317 e. The minimum absolute atomic E-state index is 0.0147. The highest BCUT2D eigenvalue weighted by molar-refractivity contribution is 5.78. The van der Waals surface area contributed by atoms with E-state index in [2.05, 4.69) is 15.5 Å². The number of hydrogen-bond acceptors (Lipinski definition) is 3. The topological polar surface area (TPSA) is 64.7 Å². The van der Waals surface area contributed by atoms with Gasteiger partial charge in [-0.25, -0.2) is 4.79 Å². The van der Waals surface area contributed by atoms with Crippen LogP contribution in [0.4, 0.5) is 4.79 Å². The van der Waals surface area contributed by atoms with E-state index in [4.69, 9.17) is 0 Å². The molecule has 0 aliphatic carbocycles. The van der Waals surface area contributed by atoms with Crippen molar-refractivity contribution in [2.45, 2.75) is 13.1 Å². The number of piperazine rings is 1. The second-order valence-corrected chi connectivity index (χ2v) is 6.67. The van der Waals surface area contributed by atoms with E-state index in [9.17, 15) is 9.59 Å². The second kappa shape index (κ2) is 9.73. The van der Waals surface area contributed by atoms with Gasteiger partial charge >= 0.3 is 6.03 Å². The van der Waals surface area contributed by atoms with Crippen molar-refractivity contribution in [3.63, 3.8) is 0 Å². The highest BCUT2D eigenvalue weighted by atomic mass is 16.2. The van der Waals surface area contributed by atoms with Crippen LogP contribution in [-0.2, 0) is 17.9 Å². The van der Waals surface area contributed by atoms with Gasteiger partial charge < -0.3 is 15.5 Å². The summed E-state index contributed by atoms with van der Waals surface area (Å²) >= 11 is 0. The molecule has 1 aliphatic rings. The molecule has 6 heteroatoms. The molecular weight excluding hydrogens is 340 g/mol. The number of nitrogens with zero attached hydrogens (tertiary/aromatic N) is 2. The highest BCUT2D eigenvalue weighted by Gasteiger charge is 2.22. The molecule has 3 amide bonds. The summed E-state index contributed by atoms with van der Waals surface area (Å²) in [7, 11) is 0. The molecule has 0 radical (unpaired) electrons. The third kappa shape index (κ3) is 6.11. The van der Waals surface area contributed by atoms with Crippen LogP contribution in [0, 0.1) is 0 Å².